The first kappa shape index (κ1) is 12.7. The Morgan fingerprint density at radius 2 is 1.89 bits per heavy atom. The van der Waals surface area contributed by atoms with Crippen LogP contribution in [-0.4, -0.2) is 6.41 Å². The second-order valence-corrected chi connectivity index (χ2v) is 3.89. The number of nitrogens with one attached hydrogen (secondary N) is 1. The van der Waals surface area contributed by atoms with Crippen LogP contribution in [0.1, 0.15) is 5.56 Å². The number of para-hydroxylation sites is 1. The number of azide groups is 1. The molecule has 0 aliphatic heterocycles. The van der Waals surface area contributed by atoms with Gasteiger partial charge in [-0.05, 0) is 22.7 Å². The lowest BCUT2D eigenvalue weighted by Gasteiger charge is -2.08. The number of carbonyl (C=O) groups is 1. The van der Waals surface area contributed by atoms with Crippen molar-refractivity contribution in [3.63, 3.8) is 0 Å². The lowest BCUT2D eigenvalue weighted by Crippen LogP contribution is -1.96. The Kier molecular flexibility index (Phi) is 4.16. The molecule has 0 saturated heterocycles. The predicted molar refractivity (Wildman–Crippen MR) is 74.4 cm³/mol. The number of amides is 1. The molecule has 0 aromatic heterocycles. The predicted octanol–water partition coefficient (Wildman–Crippen LogP) is 3.73. The fourth-order valence-electron chi connectivity index (χ4n) is 1.83. The molecule has 0 bridgehead atoms. The maximum atomic E-state index is 10.6. The molecule has 0 aliphatic carbocycles. The molecule has 0 aliphatic rings. The highest BCUT2D eigenvalue weighted by molar-refractivity contribution is 5.85. The van der Waals surface area contributed by atoms with Crippen LogP contribution in [0.15, 0.2) is 53.6 Å². The minimum atomic E-state index is 0.338. The van der Waals surface area contributed by atoms with E-state index in [2.05, 4.69) is 15.3 Å². The van der Waals surface area contributed by atoms with E-state index in [0.29, 0.717) is 13.0 Å². The van der Waals surface area contributed by atoms with E-state index in [1.165, 1.54) is 0 Å². The van der Waals surface area contributed by atoms with Crippen LogP contribution in [0.5, 0.6) is 0 Å². The third kappa shape index (κ3) is 3.12. The number of hydrogen-bond donors (Lipinski definition) is 1. The zero-order valence-corrected chi connectivity index (χ0v) is 10.2. The van der Waals surface area contributed by atoms with Gasteiger partial charge in [-0.3, -0.25) is 4.79 Å². The van der Waals surface area contributed by atoms with E-state index in [0.717, 1.165) is 22.4 Å². The van der Waals surface area contributed by atoms with Crippen LogP contribution < -0.4 is 5.32 Å². The molecule has 94 valence electrons. The van der Waals surface area contributed by atoms with Gasteiger partial charge in [0, 0.05) is 16.2 Å². The summed E-state index contributed by atoms with van der Waals surface area (Å²) in [5.41, 5.74) is 11.9. The molecule has 2 rings (SSSR count). The zero-order chi connectivity index (χ0) is 13.5. The van der Waals surface area contributed by atoms with Crippen molar-refractivity contribution in [2.75, 3.05) is 5.32 Å². The summed E-state index contributed by atoms with van der Waals surface area (Å²) in [4.78, 5) is 13.3. The SMILES string of the molecule is [N-]=[N+]=NCc1ccc(-c2ccccc2NC=O)cc1. The van der Waals surface area contributed by atoms with Gasteiger partial charge in [-0.15, -0.1) is 0 Å². The maximum absolute atomic E-state index is 10.6. The number of benzene rings is 2. The van der Waals surface area contributed by atoms with Crippen molar-refractivity contribution in [1.82, 2.24) is 0 Å². The average Bonchev–Trinajstić information content (AvgIpc) is 2.47. The summed E-state index contributed by atoms with van der Waals surface area (Å²) in [5, 5.41) is 6.19. The van der Waals surface area contributed by atoms with Crippen molar-refractivity contribution < 1.29 is 4.79 Å². The molecule has 5 nitrogen and oxygen atoms in total. The van der Waals surface area contributed by atoms with Gasteiger partial charge < -0.3 is 5.32 Å². The summed E-state index contributed by atoms with van der Waals surface area (Å²) >= 11 is 0. The number of anilines is 1. The summed E-state index contributed by atoms with van der Waals surface area (Å²) < 4.78 is 0. The monoisotopic (exact) mass is 252 g/mol. The molecule has 0 fully saturated rings. The molecule has 0 unspecified atom stereocenters. The Labute approximate surface area is 110 Å². The summed E-state index contributed by atoms with van der Waals surface area (Å²) in [6.45, 7) is 0.338. The Morgan fingerprint density at radius 3 is 2.58 bits per heavy atom. The van der Waals surface area contributed by atoms with Gasteiger partial charge in [0.15, 0.2) is 0 Å². The molecule has 0 atom stereocenters. The largest absolute Gasteiger partial charge is 0.328 e. The van der Waals surface area contributed by atoms with Crippen molar-refractivity contribution in [1.29, 1.82) is 0 Å². The first-order valence-corrected chi connectivity index (χ1v) is 5.74. The van der Waals surface area contributed by atoms with Crippen molar-refractivity contribution in [2.45, 2.75) is 6.54 Å². The fraction of sp³-hybridized carbons (Fsp3) is 0.0714. The third-order valence-corrected chi connectivity index (χ3v) is 2.72. The zero-order valence-electron chi connectivity index (χ0n) is 10.2. The Bertz CT molecular complexity index is 616. The molecule has 5 heteroatoms. The van der Waals surface area contributed by atoms with Gasteiger partial charge in [0.05, 0.1) is 6.54 Å². The van der Waals surface area contributed by atoms with E-state index in [1.807, 2.05) is 48.5 Å². The second kappa shape index (κ2) is 6.23. The molecule has 19 heavy (non-hydrogen) atoms. The molecule has 1 N–H and O–H groups in total. The van der Waals surface area contributed by atoms with E-state index in [-0.39, 0.29) is 0 Å². The van der Waals surface area contributed by atoms with Crippen molar-refractivity contribution in [3.05, 3.63) is 64.5 Å². The lowest BCUT2D eigenvalue weighted by molar-refractivity contribution is -0.105. The molecule has 0 radical (unpaired) electrons. The quantitative estimate of drug-likeness (QED) is 0.374. The minimum Gasteiger partial charge on any atom is -0.328 e. The van der Waals surface area contributed by atoms with E-state index in [4.69, 9.17) is 5.53 Å². The molecule has 2 aromatic carbocycles. The van der Waals surface area contributed by atoms with Crippen LogP contribution >= 0.6 is 0 Å². The number of hydrogen-bond acceptors (Lipinski definition) is 2. The number of rotatable bonds is 5. The van der Waals surface area contributed by atoms with Gasteiger partial charge in [0.1, 0.15) is 0 Å². The molecule has 0 saturated carbocycles. The molecular formula is C14H12N4O. The Balaban J connectivity index is 2.31. The smallest absolute Gasteiger partial charge is 0.211 e. The van der Waals surface area contributed by atoms with E-state index >= 15 is 0 Å². The van der Waals surface area contributed by atoms with Crippen LogP contribution in [0.3, 0.4) is 0 Å². The van der Waals surface area contributed by atoms with Gasteiger partial charge in [-0.1, -0.05) is 47.6 Å². The fourth-order valence-corrected chi connectivity index (χ4v) is 1.83. The van der Waals surface area contributed by atoms with Crippen LogP contribution in [-0.2, 0) is 11.3 Å². The first-order chi connectivity index (χ1) is 9.35. The van der Waals surface area contributed by atoms with Gasteiger partial charge in [-0.2, -0.15) is 0 Å². The van der Waals surface area contributed by atoms with Crippen LogP contribution in [0.2, 0.25) is 0 Å². The summed E-state index contributed by atoms with van der Waals surface area (Å²) in [6, 6.07) is 15.3. The van der Waals surface area contributed by atoms with Crippen LogP contribution in [0.25, 0.3) is 21.6 Å². The van der Waals surface area contributed by atoms with E-state index < -0.39 is 0 Å². The molecule has 2 aromatic rings. The third-order valence-electron chi connectivity index (χ3n) is 2.72. The summed E-state index contributed by atoms with van der Waals surface area (Å²) in [7, 11) is 0. The van der Waals surface area contributed by atoms with Crippen LogP contribution in [0, 0.1) is 0 Å². The van der Waals surface area contributed by atoms with Crippen molar-refractivity contribution in [2.24, 2.45) is 5.11 Å². The summed E-state index contributed by atoms with van der Waals surface area (Å²) in [6.07, 6.45) is 0.662. The molecule has 0 heterocycles. The van der Waals surface area contributed by atoms with Gasteiger partial charge in [0.25, 0.3) is 0 Å². The second-order valence-electron chi connectivity index (χ2n) is 3.89. The summed E-state index contributed by atoms with van der Waals surface area (Å²) in [5.74, 6) is 0. The standard InChI is InChI=1S/C14H12N4O/c15-18-17-9-11-5-7-12(8-6-11)13-3-1-2-4-14(13)16-10-19/h1-8,10H,9H2,(H,16,19). The van der Waals surface area contributed by atoms with E-state index in [1.54, 1.807) is 0 Å². The Morgan fingerprint density at radius 1 is 1.16 bits per heavy atom. The normalized spacial score (nSPS) is 9.47. The highest BCUT2D eigenvalue weighted by Crippen LogP contribution is 2.27. The molecule has 1 amide bonds. The maximum Gasteiger partial charge on any atom is 0.211 e. The highest BCUT2D eigenvalue weighted by Gasteiger charge is 2.03. The first-order valence-electron chi connectivity index (χ1n) is 5.74. The number of nitrogens with zero attached hydrogens (tertiary/aromatic N) is 3. The topological polar surface area (TPSA) is 77.9 Å². The Hall–Kier alpha value is -2.78. The van der Waals surface area contributed by atoms with Gasteiger partial charge in [-0.25, -0.2) is 0 Å². The minimum absolute atomic E-state index is 0.338. The van der Waals surface area contributed by atoms with E-state index in [9.17, 15) is 4.79 Å². The molecular weight excluding hydrogens is 240 g/mol. The number of carbonyl (C=O) groups excluding carboxylic acids is 1. The van der Waals surface area contributed by atoms with Crippen molar-refractivity contribution >= 4 is 12.1 Å². The van der Waals surface area contributed by atoms with Gasteiger partial charge >= 0.3 is 0 Å². The highest BCUT2D eigenvalue weighted by atomic mass is 16.1. The van der Waals surface area contributed by atoms with Crippen molar-refractivity contribution in [3.8, 4) is 11.1 Å². The van der Waals surface area contributed by atoms with Gasteiger partial charge in [0.2, 0.25) is 6.41 Å². The average molecular weight is 252 g/mol. The lowest BCUT2D eigenvalue weighted by atomic mass is 10.0. The van der Waals surface area contributed by atoms with Crippen LogP contribution in [0.4, 0.5) is 5.69 Å². The molecule has 0 spiro atoms.